The fourth-order valence-electron chi connectivity index (χ4n) is 2.42. The number of ether oxygens (including phenoxy) is 1. The van der Waals surface area contributed by atoms with Gasteiger partial charge in [-0.05, 0) is 23.8 Å². The van der Waals surface area contributed by atoms with E-state index in [1.807, 2.05) is 0 Å². The third kappa shape index (κ3) is 3.60. The molecule has 1 aliphatic rings. The number of hydrogen-bond acceptors (Lipinski definition) is 4. The van der Waals surface area contributed by atoms with Gasteiger partial charge in [0.1, 0.15) is 16.5 Å². The zero-order valence-electron chi connectivity index (χ0n) is 13.1. The fraction of sp³-hybridized carbons (Fsp3) is 0.188. The van der Waals surface area contributed by atoms with E-state index in [-0.39, 0.29) is 34.7 Å². The lowest BCUT2D eigenvalue weighted by Gasteiger charge is -2.22. The normalized spacial score (nSPS) is 14.0. The smallest absolute Gasteiger partial charge is 0.262 e. The molecular weight excluding hydrogens is 371 g/mol. The van der Waals surface area contributed by atoms with Gasteiger partial charge in [0.15, 0.2) is 6.61 Å². The van der Waals surface area contributed by atoms with Crippen LogP contribution in [0.3, 0.4) is 0 Å². The molecule has 1 heterocycles. The maximum atomic E-state index is 13.3. The average Bonchev–Trinajstić information content (AvgIpc) is 2.53. The molecule has 0 spiro atoms. The fourth-order valence-corrected chi connectivity index (χ4v) is 4.10. The van der Waals surface area contributed by atoms with Crippen LogP contribution >= 0.6 is 11.6 Å². The van der Waals surface area contributed by atoms with Crippen molar-refractivity contribution in [2.24, 2.45) is 0 Å². The van der Waals surface area contributed by atoms with Crippen LogP contribution in [0.1, 0.15) is 5.56 Å². The highest BCUT2D eigenvalue weighted by molar-refractivity contribution is 7.89. The van der Waals surface area contributed by atoms with Crippen LogP contribution in [0.4, 0.5) is 10.1 Å². The zero-order valence-corrected chi connectivity index (χ0v) is 14.7. The summed E-state index contributed by atoms with van der Waals surface area (Å²) in [6, 6.07) is 8.28. The van der Waals surface area contributed by atoms with Crippen molar-refractivity contribution in [3.63, 3.8) is 0 Å². The first-order valence-corrected chi connectivity index (χ1v) is 9.06. The minimum Gasteiger partial charge on any atom is -0.482 e. The molecule has 0 atom stereocenters. The monoisotopic (exact) mass is 384 g/mol. The second-order valence-corrected chi connectivity index (χ2v) is 7.93. The zero-order chi connectivity index (χ0) is 18.2. The van der Waals surface area contributed by atoms with Crippen molar-refractivity contribution < 1.29 is 22.3 Å². The molecule has 0 aromatic heterocycles. The van der Waals surface area contributed by atoms with Gasteiger partial charge < -0.3 is 10.1 Å². The second kappa shape index (κ2) is 6.62. The molecule has 1 N–H and O–H groups in total. The molecule has 0 radical (unpaired) electrons. The van der Waals surface area contributed by atoms with Crippen LogP contribution in [0.15, 0.2) is 41.3 Å². The van der Waals surface area contributed by atoms with Crippen molar-refractivity contribution >= 4 is 33.2 Å². The quantitative estimate of drug-likeness (QED) is 0.879. The molecule has 0 fully saturated rings. The Morgan fingerprint density at radius 1 is 1.32 bits per heavy atom. The van der Waals surface area contributed by atoms with E-state index < -0.39 is 15.8 Å². The highest BCUT2D eigenvalue weighted by atomic mass is 35.5. The average molecular weight is 385 g/mol. The third-order valence-corrected chi connectivity index (χ3v) is 5.92. The predicted molar refractivity (Wildman–Crippen MR) is 90.6 cm³/mol. The lowest BCUT2D eigenvalue weighted by Crippen LogP contribution is -2.28. The topological polar surface area (TPSA) is 75.7 Å². The summed E-state index contributed by atoms with van der Waals surface area (Å²) >= 11 is 6.09. The first-order chi connectivity index (χ1) is 11.8. The number of amides is 1. The van der Waals surface area contributed by atoms with Crippen molar-refractivity contribution in [1.29, 1.82) is 0 Å². The number of hydrogen-bond donors (Lipinski definition) is 1. The van der Waals surface area contributed by atoms with Crippen LogP contribution in [-0.2, 0) is 21.4 Å². The maximum Gasteiger partial charge on any atom is 0.262 e. The molecule has 0 unspecified atom stereocenters. The number of carbonyl (C=O) groups excluding carboxylic acids is 1. The minimum atomic E-state index is -3.94. The number of nitrogens with zero attached hydrogens (tertiary/aromatic N) is 1. The Kier molecular flexibility index (Phi) is 4.68. The standard InChI is InChI=1S/C16H14ClFN2O4S/c1-20(8-10-3-2-4-11(18)5-10)25(22,23)15-7-14-13(6-12(15)17)19-16(21)9-24-14/h2-7H,8-9H2,1H3,(H,19,21). The van der Waals surface area contributed by atoms with E-state index in [9.17, 15) is 17.6 Å². The van der Waals surface area contributed by atoms with Crippen LogP contribution in [0.25, 0.3) is 0 Å². The Labute approximate surface area is 149 Å². The molecule has 0 saturated carbocycles. The summed E-state index contributed by atoms with van der Waals surface area (Å²) in [5.41, 5.74) is 0.816. The summed E-state index contributed by atoms with van der Waals surface area (Å²) in [5.74, 6) is -0.566. The first-order valence-electron chi connectivity index (χ1n) is 7.24. The summed E-state index contributed by atoms with van der Waals surface area (Å²) < 4.78 is 45.2. The van der Waals surface area contributed by atoms with Gasteiger partial charge in [0.2, 0.25) is 10.0 Å². The molecule has 2 aromatic rings. The molecule has 3 rings (SSSR count). The Hall–Kier alpha value is -2.16. The third-order valence-electron chi connectivity index (χ3n) is 3.65. The molecule has 0 saturated heterocycles. The van der Waals surface area contributed by atoms with Crippen molar-refractivity contribution in [3.05, 3.63) is 52.8 Å². The van der Waals surface area contributed by atoms with Gasteiger partial charge in [-0.15, -0.1) is 0 Å². The van der Waals surface area contributed by atoms with Crippen molar-refractivity contribution in [1.82, 2.24) is 4.31 Å². The highest BCUT2D eigenvalue weighted by Gasteiger charge is 2.27. The Morgan fingerprint density at radius 3 is 2.80 bits per heavy atom. The number of fused-ring (bicyclic) bond motifs is 1. The molecule has 6 nitrogen and oxygen atoms in total. The number of rotatable bonds is 4. The van der Waals surface area contributed by atoms with Crippen molar-refractivity contribution in [2.45, 2.75) is 11.4 Å². The van der Waals surface area contributed by atoms with E-state index in [0.717, 1.165) is 4.31 Å². The van der Waals surface area contributed by atoms with Gasteiger partial charge in [-0.25, -0.2) is 12.8 Å². The van der Waals surface area contributed by atoms with Crippen LogP contribution in [0.2, 0.25) is 5.02 Å². The Balaban J connectivity index is 1.93. The van der Waals surface area contributed by atoms with Gasteiger partial charge in [-0.3, -0.25) is 4.79 Å². The number of anilines is 1. The van der Waals surface area contributed by atoms with Gasteiger partial charge in [-0.2, -0.15) is 4.31 Å². The maximum absolute atomic E-state index is 13.3. The van der Waals surface area contributed by atoms with Gasteiger partial charge in [-0.1, -0.05) is 23.7 Å². The summed E-state index contributed by atoms with van der Waals surface area (Å²) in [6.07, 6.45) is 0. The second-order valence-electron chi connectivity index (χ2n) is 5.51. The highest BCUT2D eigenvalue weighted by Crippen LogP contribution is 2.36. The molecular formula is C16H14ClFN2O4S. The van der Waals surface area contributed by atoms with Crippen molar-refractivity contribution in [3.8, 4) is 5.75 Å². The lowest BCUT2D eigenvalue weighted by atomic mass is 10.2. The number of halogens is 2. The van der Waals surface area contributed by atoms with E-state index in [1.165, 1.54) is 37.4 Å². The molecule has 25 heavy (non-hydrogen) atoms. The van der Waals surface area contributed by atoms with Gasteiger partial charge in [0.05, 0.1) is 10.7 Å². The molecule has 0 bridgehead atoms. The van der Waals surface area contributed by atoms with Gasteiger partial charge in [0.25, 0.3) is 5.91 Å². The summed E-state index contributed by atoms with van der Waals surface area (Å²) in [7, 11) is -2.57. The number of benzene rings is 2. The van der Waals surface area contributed by atoms with Crippen molar-refractivity contribution in [2.75, 3.05) is 19.0 Å². The van der Waals surface area contributed by atoms with Crippen LogP contribution in [0.5, 0.6) is 5.75 Å². The number of nitrogens with one attached hydrogen (secondary N) is 1. The summed E-state index contributed by atoms with van der Waals surface area (Å²) in [6.45, 7) is -0.224. The Morgan fingerprint density at radius 2 is 2.08 bits per heavy atom. The molecule has 2 aromatic carbocycles. The molecule has 0 aliphatic carbocycles. The van der Waals surface area contributed by atoms with E-state index in [4.69, 9.17) is 16.3 Å². The van der Waals surface area contributed by atoms with Gasteiger partial charge in [0, 0.05) is 19.7 Å². The predicted octanol–water partition coefficient (Wildman–Crippen LogP) is 2.63. The van der Waals surface area contributed by atoms with Crippen LogP contribution < -0.4 is 10.1 Å². The van der Waals surface area contributed by atoms with Gasteiger partial charge >= 0.3 is 0 Å². The summed E-state index contributed by atoms with van der Waals surface area (Å²) in [5, 5.41) is 2.51. The van der Waals surface area contributed by atoms with Crippen LogP contribution in [-0.4, -0.2) is 32.3 Å². The Bertz CT molecular complexity index is 949. The largest absolute Gasteiger partial charge is 0.482 e. The number of carbonyl (C=O) groups is 1. The first kappa shape index (κ1) is 17.7. The SMILES string of the molecule is CN(Cc1cccc(F)c1)S(=O)(=O)c1cc2c(cc1Cl)NC(=O)CO2. The van der Waals surface area contributed by atoms with E-state index in [2.05, 4.69) is 5.32 Å². The molecule has 9 heteroatoms. The van der Waals surface area contributed by atoms with E-state index in [0.29, 0.717) is 11.3 Å². The lowest BCUT2D eigenvalue weighted by molar-refractivity contribution is -0.118. The molecule has 132 valence electrons. The van der Waals surface area contributed by atoms with Crippen LogP contribution in [0, 0.1) is 5.82 Å². The number of sulfonamides is 1. The summed E-state index contributed by atoms with van der Waals surface area (Å²) in [4.78, 5) is 11.2. The van der Waals surface area contributed by atoms with E-state index >= 15 is 0 Å². The minimum absolute atomic E-state index is 0.0227. The molecule has 1 amide bonds. The van der Waals surface area contributed by atoms with E-state index in [1.54, 1.807) is 6.07 Å². The molecule has 1 aliphatic heterocycles.